The third-order valence-corrected chi connectivity index (χ3v) is 7.48. The Bertz CT molecular complexity index is 1160. The third-order valence-electron chi connectivity index (χ3n) is 7.48. The molecule has 0 spiro atoms. The lowest BCUT2D eigenvalue weighted by Gasteiger charge is -2.39. The summed E-state index contributed by atoms with van der Waals surface area (Å²) in [6.07, 6.45) is 0. The van der Waals surface area contributed by atoms with E-state index in [-0.39, 0.29) is 37.1 Å². The number of fused-ring (bicyclic) bond motifs is 4. The maximum absolute atomic E-state index is 13.8. The molecular weight excluding hydrogens is 448 g/mol. The van der Waals surface area contributed by atoms with Crippen LogP contribution in [-0.4, -0.2) is 95.8 Å². The minimum absolute atomic E-state index is 0.0875. The molecule has 4 heterocycles. The van der Waals surface area contributed by atoms with Gasteiger partial charge in [-0.05, 0) is 31.8 Å². The summed E-state index contributed by atoms with van der Waals surface area (Å²) in [5.74, 6) is -1.27. The molecule has 2 saturated heterocycles. The van der Waals surface area contributed by atoms with Crippen molar-refractivity contribution in [3.63, 3.8) is 0 Å². The summed E-state index contributed by atoms with van der Waals surface area (Å²) in [4.78, 5) is 46.2. The van der Waals surface area contributed by atoms with Gasteiger partial charge in [-0.1, -0.05) is 30.3 Å². The molecule has 2 bridgehead atoms. The number of nitrogens with zero attached hydrogens (tertiary/aromatic N) is 4. The predicted molar refractivity (Wildman–Crippen MR) is 130 cm³/mol. The average Bonchev–Trinajstić information content (AvgIpc) is 3.11. The summed E-state index contributed by atoms with van der Waals surface area (Å²) >= 11 is 0. The molecule has 0 radical (unpaired) electrons. The molecular formula is C26H32N4O5. The summed E-state index contributed by atoms with van der Waals surface area (Å²) in [7, 11) is 3.66. The van der Waals surface area contributed by atoms with Crippen LogP contribution in [0.25, 0.3) is 11.1 Å². The highest BCUT2D eigenvalue weighted by molar-refractivity contribution is 5.85. The number of rotatable bonds is 5. The van der Waals surface area contributed by atoms with Crippen molar-refractivity contribution in [2.24, 2.45) is 11.8 Å². The van der Waals surface area contributed by atoms with Crippen LogP contribution in [0.3, 0.4) is 0 Å². The molecule has 0 unspecified atom stereocenters. The minimum atomic E-state index is -0.620. The first-order chi connectivity index (χ1) is 16.9. The lowest BCUT2D eigenvalue weighted by atomic mass is 9.86. The number of morpholine rings is 1. The standard InChI is InChI=1S/C26H32N4O5/c1-27(2)15-22(32)30-21-14-29-20(9-8-18(25(29)33)17-6-4-3-5-7-17)24(30)23(19(21)16-31)26(34)28-10-12-35-13-11-28/h3-9,19,21,23-24,31H,10-16H2,1-2H3/t19-,21-,23+,24+/m1/s1. The van der Waals surface area contributed by atoms with Gasteiger partial charge in [0, 0.05) is 43.4 Å². The number of carbonyl (C=O) groups excluding carboxylic acids is 2. The van der Waals surface area contributed by atoms with E-state index in [1.54, 1.807) is 25.3 Å². The first kappa shape index (κ1) is 23.7. The average molecular weight is 481 g/mol. The second-order valence-corrected chi connectivity index (χ2v) is 9.81. The molecule has 1 aromatic heterocycles. The van der Waals surface area contributed by atoms with Crippen molar-refractivity contribution in [3.05, 3.63) is 58.5 Å². The van der Waals surface area contributed by atoms with Crippen LogP contribution in [0.15, 0.2) is 47.3 Å². The molecule has 1 aromatic carbocycles. The van der Waals surface area contributed by atoms with Crippen molar-refractivity contribution in [2.45, 2.75) is 18.6 Å². The third kappa shape index (κ3) is 4.07. The van der Waals surface area contributed by atoms with Crippen LogP contribution in [0, 0.1) is 11.8 Å². The van der Waals surface area contributed by atoms with E-state index in [4.69, 9.17) is 4.74 Å². The molecule has 9 heteroatoms. The first-order valence-electron chi connectivity index (χ1n) is 12.1. The van der Waals surface area contributed by atoms with Gasteiger partial charge < -0.3 is 29.1 Å². The molecule has 2 fully saturated rings. The smallest absolute Gasteiger partial charge is 0.258 e. The molecule has 35 heavy (non-hydrogen) atoms. The SMILES string of the molecule is CN(C)CC(=O)N1[C@@H]2Cn3c(ccc(-c4ccccc4)c3=O)[C@H]1[C@@H](C(=O)N1CCOCC1)[C@@H]2CO. The quantitative estimate of drug-likeness (QED) is 0.667. The van der Waals surface area contributed by atoms with Crippen molar-refractivity contribution in [2.75, 3.05) is 53.6 Å². The molecule has 2 amide bonds. The van der Waals surface area contributed by atoms with Crippen molar-refractivity contribution in [3.8, 4) is 11.1 Å². The van der Waals surface area contributed by atoms with E-state index >= 15 is 0 Å². The largest absolute Gasteiger partial charge is 0.396 e. The fourth-order valence-corrected chi connectivity index (χ4v) is 5.91. The molecule has 3 aliphatic heterocycles. The number of aliphatic hydroxyl groups excluding tert-OH is 1. The van der Waals surface area contributed by atoms with E-state index in [0.717, 1.165) is 5.56 Å². The fraction of sp³-hybridized carbons (Fsp3) is 0.500. The Kier molecular flexibility index (Phi) is 6.48. The van der Waals surface area contributed by atoms with Crippen LogP contribution in [0.4, 0.5) is 0 Å². The van der Waals surface area contributed by atoms with Gasteiger partial charge in [0.15, 0.2) is 0 Å². The Morgan fingerprint density at radius 1 is 1.09 bits per heavy atom. The van der Waals surface area contributed by atoms with Gasteiger partial charge in [-0.3, -0.25) is 14.4 Å². The fourth-order valence-electron chi connectivity index (χ4n) is 5.91. The van der Waals surface area contributed by atoms with Crippen molar-refractivity contribution in [1.82, 2.24) is 19.3 Å². The van der Waals surface area contributed by atoms with Gasteiger partial charge in [-0.25, -0.2) is 0 Å². The van der Waals surface area contributed by atoms with Crippen LogP contribution in [0.2, 0.25) is 0 Å². The molecule has 0 saturated carbocycles. The normalized spacial score (nSPS) is 25.6. The number of carbonyl (C=O) groups is 2. The molecule has 186 valence electrons. The lowest BCUT2D eigenvalue weighted by molar-refractivity contribution is -0.143. The Morgan fingerprint density at radius 3 is 2.46 bits per heavy atom. The van der Waals surface area contributed by atoms with E-state index in [1.807, 2.05) is 50.5 Å². The number of hydrogen-bond donors (Lipinski definition) is 1. The molecule has 9 nitrogen and oxygen atoms in total. The Balaban J connectivity index is 1.62. The first-order valence-corrected chi connectivity index (χ1v) is 12.1. The van der Waals surface area contributed by atoms with Crippen LogP contribution in [0.1, 0.15) is 11.7 Å². The summed E-state index contributed by atoms with van der Waals surface area (Å²) in [6, 6.07) is 12.1. The molecule has 2 aromatic rings. The zero-order valence-corrected chi connectivity index (χ0v) is 20.2. The van der Waals surface area contributed by atoms with Gasteiger partial charge in [-0.15, -0.1) is 0 Å². The van der Waals surface area contributed by atoms with Gasteiger partial charge in [0.05, 0.1) is 37.8 Å². The molecule has 0 aliphatic carbocycles. The Hall–Kier alpha value is -3.01. The highest BCUT2D eigenvalue weighted by atomic mass is 16.5. The van der Waals surface area contributed by atoms with Crippen LogP contribution in [0.5, 0.6) is 0 Å². The van der Waals surface area contributed by atoms with Gasteiger partial charge in [0.25, 0.3) is 5.56 Å². The number of pyridine rings is 1. The van der Waals surface area contributed by atoms with Gasteiger partial charge >= 0.3 is 0 Å². The summed E-state index contributed by atoms with van der Waals surface area (Å²) < 4.78 is 7.14. The van der Waals surface area contributed by atoms with Gasteiger partial charge in [0.2, 0.25) is 11.8 Å². The number of hydrogen-bond acceptors (Lipinski definition) is 6. The van der Waals surface area contributed by atoms with E-state index in [9.17, 15) is 19.5 Å². The lowest BCUT2D eigenvalue weighted by Crippen LogP contribution is -2.51. The number of likely N-dealkylation sites (N-methyl/N-ethyl adjacent to an activating group) is 1. The monoisotopic (exact) mass is 480 g/mol. The van der Waals surface area contributed by atoms with Crippen molar-refractivity contribution < 1.29 is 19.4 Å². The molecule has 5 rings (SSSR count). The number of aromatic nitrogens is 1. The van der Waals surface area contributed by atoms with E-state index in [0.29, 0.717) is 37.6 Å². The maximum atomic E-state index is 13.8. The van der Waals surface area contributed by atoms with E-state index < -0.39 is 23.9 Å². The summed E-state index contributed by atoms with van der Waals surface area (Å²) in [6.45, 7) is 2.11. The van der Waals surface area contributed by atoms with Crippen LogP contribution in [-0.2, 0) is 20.9 Å². The minimum Gasteiger partial charge on any atom is -0.396 e. The van der Waals surface area contributed by atoms with Crippen molar-refractivity contribution >= 4 is 11.8 Å². The molecule has 4 atom stereocenters. The van der Waals surface area contributed by atoms with Crippen LogP contribution < -0.4 is 5.56 Å². The van der Waals surface area contributed by atoms with E-state index in [1.165, 1.54) is 0 Å². The Labute approximate surface area is 204 Å². The predicted octanol–water partition coefficient (Wildman–Crippen LogP) is 0.426. The molecule has 1 N–H and O–H groups in total. The van der Waals surface area contributed by atoms with Crippen LogP contribution >= 0.6 is 0 Å². The Morgan fingerprint density at radius 2 is 1.80 bits per heavy atom. The summed E-state index contributed by atoms with van der Waals surface area (Å²) in [5, 5.41) is 10.5. The highest BCUT2D eigenvalue weighted by Crippen LogP contribution is 2.49. The number of aliphatic hydroxyl groups is 1. The highest BCUT2D eigenvalue weighted by Gasteiger charge is 2.58. The molecule has 3 aliphatic rings. The zero-order valence-electron chi connectivity index (χ0n) is 20.2. The second kappa shape index (κ2) is 9.56. The number of ether oxygens (including phenoxy) is 1. The zero-order chi connectivity index (χ0) is 24.7. The maximum Gasteiger partial charge on any atom is 0.258 e. The van der Waals surface area contributed by atoms with Crippen molar-refractivity contribution in [1.29, 1.82) is 0 Å². The second-order valence-electron chi connectivity index (χ2n) is 9.81. The van der Waals surface area contributed by atoms with Gasteiger partial charge in [0.1, 0.15) is 0 Å². The summed E-state index contributed by atoms with van der Waals surface area (Å²) in [5.41, 5.74) is 1.92. The number of benzene rings is 1. The topological polar surface area (TPSA) is 95.3 Å². The van der Waals surface area contributed by atoms with Gasteiger partial charge in [-0.2, -0.15) is 0 Å². The number of amides is 2. The van der Waals surface area contributed by atoms with E-state index in [2.05, 4.69) is 0 Å².